The molecule has 1 aromatic heterocycles. The molecule has 0 saturated heterocycles. The maximum Gasteiger partial charge on any atom is 0.416 e. The van der Waals surface area contributed by atoms with Gasteiger partial charge in [0.25, 0.3) is 0 Å². The van der Waals surface area contributed by atoms with Crippen LogP contribution in [0.3, 0.4) is 0 Å². The van der Waals surface area contributed by atoms with Crippen LogP contribution in [-0.2, 0) is 17.5 Å². The van der Waals surface area contributed by atoms with Crippen LogP contribution in [0.2, 0.25) is 0 Å². The number of carbonyl (C=O) groups is 1. The fraction of sp³-hybridized carbons (Fsp3) is 0.200. The van der Waals surface area contributed by atoms with Crippen molar-refractivity contribution in [2.45, 2.75) is 25.6 Å². The highest BCUT2D eigenvalue weighted by molar-refractivity contribution is 5.92. The van der Waals surface area contributed by atoms with Crippen molar-refractivity contribution in [1.29, 1.82) is 0 Å². The topological polar surface area (TPSA) is 42.0 Å². The highest BCUT2D eigenvalue weighted by Gasteiger charge is 2.29. The van der Waals surface area contributed by atoms with E-state index in [1.54, 1.807) is 19.3 Å². The Morgan fingerprint density at radius 1 is 1.12 bits per heavy atom. The standard InChI is InChI=1S/C20H17F3N2O/c1-13(17-4-2-3-15-12-24-10-9-18(15)17)19(26)25-11-14-5-7-16(8-6-14)20(21,22)23/h2-10,12-13H,11H2,1H3,(H,25,26). The van der Waals surface area contributed by atoms with Gasteiger partial charge in [0.2, 0.25) is 5.91 Å². The van der Waals surface area contributed by atoms with Crippen molar-refractivity contribution in [3.05, 3.63) is 77.6 Å². The number of pyridine rings is 1. The number of halogens is 3. The molecule has 3 nitrogen and oxygen atoms in total. The number of rotatable bonds is 4. The maximum absolute atomic E-state index is 12.6. The lowest BCUT2D eigenvalue weighted by Gasteiger charge is -2.15. The van der Waals surface area contributed by atoms with Crippen LogP contribution >= 0.6 is 0 Å². The van der Waals surface area contributed by atoms with E-state index >= 15 is 0 Å². The zero-order valence-electron chi connectivity index (χ0n) is 14.0. The summed E-state index contributed by atoms with van der Waals surface area (Å²) in [5.41, 5.74) is 0.792. The molecular weight excluding hydrogens is 341 g/mol. The number of hydrogen-bond donors (Lipinski definition) is 1. The van der Waals surface area contributed by atoms with Crippen molar-refractivity contribution >= 4 is 16.7 Å². The zero-order chi connectivity index (χ0) is 18.7. The molecule has 0 aliphatic heterocycles. The van der Waals surface area contributed by atoms with E-state index < -0.39 is 17.7 Å². The number of fused-ring (bicyclic) bond motifs is 1. The monoisotopic (exact) mass is 358 g/mol. The van der Waals surface area contributed by atoms with Gasteiger partial charge in [-0.2, -0.15) is 13.2 Å². The van der Waals surface area contributed by atoms with Gasteiger partial charge >= 0.3 is 6.18 Å². The summed E-state index contributed by atoms with van der Waals surface area (Å²) in [6.45, 7) is 1.98. The molecule has 0 aliphatic carbocycles. The van der Waals surface area contributed by atoms with Crippen molar-refractivity contribution in [3.63, 3.8) is 0 Å². The quantitative estimate of drug-likeness (QED) is 0.736. The third-order valence-electron chi connectivity index (χ3n) is 4.32. The number of nitrogens with one attached hydrogen (secondary N) is 1. The van der Waals surface area contributed by atoms with Crippen LogP contribution in [0.15, 0.2) is 60.9 Å². The molecule has 134 valence electrons. The largest absolute Gasteiger partial charge is 0.416 e. The first kappa shape index (κ1) is 17.9. The third-order valence-corrected chi connectivity index (χ3v) is 4.32. The molecule has 0 bridgehead atoms. The number of carbonyl (C=O) groups excluding carboxylic acids is 1. The second-order valence-electron chi connectivity index (χ2n) is 6.08. The lowest BCUT2D eigenvalue weighted by molar-refractivity contribution is -0.137. The lowest BCUT2D eigenvalue weighted by Crippen LogP contribution is -2.27. The first-order valence-corrected chi connectivity index (χ1v) is 8.13. The minimum Gasteiger partial charge on any atom is -0.352 e. The summed E-state index contributed by atoms with van der Waals surface area (Å²) >= 11 is 0. The van der Waals surface area contributed by atoms with Gasteiger partial charge in [0.1, 0.15) is 0 Å². The first-order chi connectivity index (χ1) is 12.4. The molecule has 3 rings (SSSR count). The molecule has 1 unspecified atom stereocenters. The van der Waals surface area contributed by atoms with Gasteiger partial charge in [-0.25, -0.2) is 0 Å². The van der Waals surface area contributed by atoms with Crippen molar-refractivity contribution in [3.8, 4) is 0 Å². The fourth-order valence-corrected chi connectivity index (χ4v) is 2.82. The van der Waals surface area contributed by atoms with E-state index in [0.29, 0.717) is 5.56 Å². The summed E-state index contributed by atoms with van der Waals surface area (Å²) in [5, 5.41) is 4.69. The van der Waals surface area contributed by atoms with Gasteiger partial charge in [-0.15, -0.1) is 0 Å². The maximum atomic E-state index is 12.6. The Balaban J connectivity index is 1.70. The smallest absolute Gasteiger partial charge is 0.352 e. The molecule has 0 spiro atoms. The molecule has 1 N–H and O–H groups in total. The molecule has 26 heavy (non-hydrogen) atoms. The van der Waals surface area contributed by atoms with Crippen molar-refractivity contribution < 1.29 is 18.0 Å². The number of amides is 1. The van der Waals surface area contributed by atoms with Gasteiger partial charge in [-0.05, 0) is 41.6 Å². The van der Waals surface area contributed by atoms with E-state index in [4.69, 9.17) is 0 Å². The second kappa shape index (κ2) is 7.15. The van der Waals surface area contributed by atoms with E-state index in [-0.39, 0.29) is 12.5 Å². The Morgan fingerprint density at radius 2 is 1.85 bits per heavy atom. The summed E-state index contributed by atoms with van der Waals surface area (Å²) in [6.07, 6.45) is -0.941. The molecule has 1 amide bonds. The van der Waals surface area contributed by atoms with Gasteiger partial charge < -0.3 is 5.32 Å². The van der Waals surface area contributed by atoms with Crippen LogP contribution < -0.4 is 5.32 Å². The average molecular weight is 358 g/mol. The molecule has 0 aliphatic rings. The SMILES string of the molecule is CC(C(=O)NCc1ccc(C(F)(F)F)cc1)c1cccc2cnccc12. The van der Waals surface area contributed by atoms with E-state index in [0.717, 1.165) is 28.5 Å². The Bertz CT molecular complexity index is 915. The highest BCUT2D eigenvalue weighted by atomic mass is 19.4. The molecule has 0 radical (unpaired) electrons. The summed E-state index contributed by atoms with van der Waals surface area (Å²) in [4.78, 5) is 16.6. The van der Waals surface area contributed by atoms with Gasteiger partial charge in [-0.1, -0.05) is 30.3 Å². The number of alkyl halides is 3. The van der Waals surface area contributed by atoms with Crippen LogP contribution in [0.1, 0.15) is 29.5 Å². The molecular formula is C20H17F3N2O. The summed E-state index contributed by atoms with van der Waals surface area (Å²) in [7, 11) is 0. The lowest BCUT2D eigenvalue weighted by atomic mass is 9.95. The van der Waals surface area contributed by atoms with Crippen LogP contribution in [0, 0.1) is 0 Å². The second-order valence-corrected chi connectivity index (χ2v) is 6.08. The highest BCUT2D eigenvalue weighted by Crippen LogP contribution is 2.29. The minimum absolute atomic E-state index is 0.174. The van der Waals surface area contributed by atoms with Gasteiger partial charge in [0.05, 0.1) is 11.5 Å². The fourth-order valence-electron chi connectivity index (χ4n) is 2.82. The van der Waals surface area contributed by atoms with Crippen molar-refractivity contribution in [1.82, 2.24) is 10.3 Å². The summed E-state index contributed by atoms with van der Waals surface area (Å²) < 4.78 is 37.7. The van der Waals surface area contributed by atoms with E-state index in [1.807, 2.05) is 24.3 Å². The Labute approximate surface area is 148 Å². The van der Waals surface area contributed by atoms with Crippen LogP contribution in [0.5, 0.6) is 0 Å². The minimum atomic E-state index is -4.36. The number of aromatic nitrogens is 1. The van der Waals surface area contributed by atoms with Gasteiger partial charge in [0, 0.05) is 24.3 Å². The van der Waals surface area contributed by atoms with Crippen molar-refractivity contribution in [2.75, 3.05) is 0 Å². The summed E-state index contributed by atoms with van der Waals surface area (Å²) in [6, 6.07) is 12.3. The number of benzene rings is 2. The molecule has 1 atom stereocenters. The summed E-state index contributed by atoms with van der Waals surface area (Å²) in [5.74, 6) is -0.579. The Hall–Kier alpha value is -2.89. The predicted molar refractivity (Wildman–Crippen MR) is 93.4 cm³/mol. The van der Waals surface area contributed by atoms with Crippen LogP contribution in [-0.4, -0.2) is 10.9 Å². The molecule has 1 heterocycles. The zero-order valence-corrected chi connectivity index (χ0v) is 14.0. The van der Waals surface area contributed by atoms with E-state index in [9.17, 15) is 18.0 Å². The molecule has 3 aromatic rings. The Morgan fingerprint density at radius 3 is 2.54 bits per heavy atom. The van der Waals surface area contributed by atoms with Gasteiger partial charge in [-0.3, -0.25) is 9.78 Å². The Kier molecular flexibility index (Phi) is 4.93. The molecule has 0 fully saturated rings. The van der Waals surface area contributed by atoms with Crippen molar-refractivity contribution in [2.24, 2.45) is 0 Å². The third kappa shape index (κ3) is 3.85. The number of nitrogens with zero attached hydrogens (tertiary/aromatic N) is 1. The molecule has 2 aromatic carbocycles. The van der Waals surface area contributed by atoms with Crippen LogP contribution in [0.25, 0.3) is 10.8 Å². The molecule has 0 saturated carbocycles. The van der Waals surface area contributed by atoms with E-state index in [2.05, 4.69) is 10.3 Å². The molecule has 6 heteroatoms. The normalized spacial score (nSPS) is 12.8. The predicted octanol–water partition coefficient (Wildman–Crippen LogP) is 4.67. The van der Waals surface area contributed by atoms with E-state index in [1.165, 1.54) is 12.1 Å². The average Bonchev–Trinajstić information content (AvgIpc) is 2.64. The van der Waals surface area contributed by atoms with Gasteiger partial charge in [0.15, 0.2) is 0 Å². The number of hydrogen-bond acceptors (Lipinski definition) is 2. The first-order valence-electron chi connectivity index (χ1n) is 8.13. The van der Waals surface area contributed by atoms with Crippen LogP contribution in [0.4, 0.5) is 13.2 Å².